The van der Waals surface area contributed by atoms with Gasteiger partial charge in [-0.3, -0.25) is 0 Å². The van der Waals surface area contributed by atoms with Crippen LogP contribution in [0, 0.1) is 0 Å². The van der Waals surface area contributed by atoms with E-state index in [1.807, 2.05) is 48.0 Å². The Morgan fingerprint density at radius 3 is 2.56 bits per heavy atom. The molecule has 0 radical (unpaired) electrons. The summed E-state index contributed by atoms with van der Waals surface area (Å²) in [5, 5.41) is 15.1. The van der Waals surface area contributed by atoms with Crippen LogP contribution < -0.4 is 0 Å². The Morgan fingerprint density at radius 1 is 1.20 bits per heavy atom. The number of carboxylic acid groups (broad SMARTS) is 1. The largest absolute Gasteiger partial charge is 0.478 e. The van der Waals surface area contributed by atoms with Crippen molar-refractivity contribution in [3.63, 3.8) is 0 Å². The molecular weight excluding hydrogens is 334 g/mol. The first-order chi connectivity index (χ1) is 12.1. The van der Waals surface area contributed by atoms with Crippen LogP contribution in [0.5, 0.6) is 0 Å². The Kier molecular flexibility index (Phi) is 5.00. The molecule has 0 aliphatic carbocycles. The minimum Gasteiger partial charge on any atom is -0.478 e. The first-order valence-corrected chi connectivity index (χ1v) is 8.40. The third-order valence-corrected chi connectivity index (χ3v) is 4.17. The highest BCUT2D eigenvalue weighted by Crippen LogP contribution is 2.24. The molecule has 3 rings (SSSR count). The Morgan fingerprint density at radius 2 is 1.92 bits per heavy atom. The molecule has 1 aromatic heterocycles. The summed E-state index contributed by atoms with van der Waals surface area (Å²) in [5.74, 6) is 0.486. The highest BCUT2D eigenvalue weighted by Gasteiger charge is 2.12. The molecule has 3 aromatic rings. The van der Waals surface area contributed by atoms with Crippen LogP contribution in [0.25, 0.3) is 11.1 Å². The minimum absolute atomic E-state index is 0.298. The Bertz CT molecular complexity index is 917. The zero-order valence-corrected chi connectivity index (χ0v) is 14.5. The first-order valence-electron chi connectivity index (χ1n) is 7.93. The van der Waals surface area contributed by atoms with Gasteiger partial charge in [-0.05, 0) is 29.7 Å². The monoisotopic (exact) mass is 351 g/mol. The Hall–Kier alpha value is -2.86. The Balaban J connectivity index is 1.87. The molecule has 0 amide bonds. The molecule has 0 aliphatic rings. The molecular formula is C19H17N3O2S. The first kappa shape index (κ1) is 17.0. The lowest BCUT2D eigenvalue weighted by molar-refractivity contribution is 0.0697. The minimum atomic E-state index is -0.927. The van der Waals surface area contributed by atoms with Crippen molar-refractivity contribution in [1.29, 1.82) is 0 Å². The molecule has 126 valence electrons. The van der Waals surface area contributed by atoms with Gasteiger partial charge in [0, 0.05) is 18.3 Å². The lowest BCUT2D eigenvalue weighted by atomic mass is 9.98. The summed E-state index contributed by atoms with van der Waals surface area (Å²) < 4.78 is 1.84. The van der Waals surface area contributed by atoms with Gasteiger partial charge in [-0.25, -0.2) is 14.5 Å². The third-order valence-electron chi connectivity index (χ3n) is 3.95. The molecule has 5 nitrogen and oxygen atoms in total. The molecule has 0 bridgehead atoms. The van der Waals surface area contributed by atoms with Crippen LogP contribution in [0.1, 0.15) is 34.5 Å². The van der Waals surface area contributed by atoms with E-state index < -0.39 is 5.97 Å². The number of aromatic nitrogens is 3. The maximum absolute atomic E-state index is 11.4. The second-order valence-electron chi connectivity index (χ2n) is 5.54. The second-order valence-corrected chi connectivity index (χ2v) is 5.78. The van der Waals surface area contributed by atoms with Crippen LogP contribution in [-0.2, 0) is 13.0 Å². The number of nitrogens with zero attached hydrogens (tertiary/aromatic N) is 3. The van der Waals surface area contributed by atoms with Crippen molar-refractivity contribution >= 4 is 23.6 Å². The quantitative estimate of drug-likeness (QED) is 0.687. The molecule has 0 unspecified atom stereocenters. The lowest BCUT2D eigenvalue weighted by Gasteiger charge is -2.08. The molecule has 0 spiro atoms. The van der Waals surface area contributed by atoms with E-state index in [1.165, 1.54) is 5.37 Å². The van der Waals surface area contributed by atoms with E-state index in [4.69, 9.17) is 12.2 Å². The highest BCUT2D eigenvalue weighted by molar-refractivity contribution is 7.79. The van der Waals surface area contributed by atoms with Crippen molar-refractivity contribution in [1.82, 2.24) is 14.8 Å². The maximum Gasteiger partial charge on any atom is 0.336 e. The number of carboxylic acids is 1. The van der Waals surface area contributed by atoms with Crippen LogP contribution in [0.2, 0.25) is 0 Å². The zero-order chi connectivity index (χ0) is 17.8. The van der Waals surface area contributed by atoms with Gasteiger partial charge in [0.05, 0.1) is 5.56 Å². The standard InChI is InChI=1S/C19H17N3O2S/c1-2-22-18(20-17(12-25)21-22)11-13-7-9-14(10-8-13)15-5-3-4-6-16(15)19(23)24/h3-10,12H,2,11H2,1H3,(H,23,24). The zero-order valence-electron chi connectivity index (χ0n) is 13.7. The van der Waals surface area contributed by atoms with E-state index in [2.05, 4.69) is 10.1 Å². The third kappa shape index (κ3) is 3.64. The van der Waals surface area contributed by atoms with Gasteiger partial charge in [0.15, 0.2) is 5.82 Å². The molecule has 0 aliphatic heterocycles. The van der Waals surface area contributed by atoms with Crippen LogP contribution in [0.4, 0.5) is 0 Å². The van der Waals surface area contributed by atoms with Crippen molar-refractivity contribution in [2.24, 2.45) is 0 Å². The summed E-state index contributed by atoms with van der Waals surface area (Å²) in [7, 11) is 0. The molecule has 25 heavy (non-hydrogen) atoms. The van der Waals surface area contributed by atoms with Crippen molar-refractivity contribution in [2.75, 3.05) is 0 Å². The number of aryl methyl sites for hydroxylation is 1. The molecule has 1 heterocycles. The maximum atomic E-state index is 11.4. The normalized spacial score (nSPS) is 10.6. The number of rotatable bonds is 6. The lowest BCUT2D eigenvalue weighted by Crippen LogP contribution is -2.04. The van der Waals surface area contributed by atoms with Crippen molar-refractivity contribution in [3.05, 3.63) is 71.3 Å². The topological polar surface area (TPSA) is 68.0 Å². The van der Waals surface area contributed by atoms with E-state index in [0.29, 0.717) is 23.4 Å². The van der Waals surface area contributed by atoms with E-state index in [1.54, 1.807) is 12.1 Å². The van der Waals surface area contributed by atoms with Crippen molar-refractivity contribution in [3.8, 4) is 11.1 Å². The fraction of sp³-hybridized carbons (Fsp3) is 0.158. The fourth-order valence-corrected chi connectivity index (χ4v) is 2.83. The predicted octanol–water partition coefficient (Wildman–Crippen LogP) is 3.60. The van der Waals surface area contributed by atoms with Crippen LogP contribution >= 0.6 is 12.2 Å². The van der Waals surface area contributed by atoms with Gasteiger partial charge in [-0.1, -0.05) is 54.7 Å². The molecule has 0 saturated heterocycles. The van der Waals surface area contributed by atoms with Gasteiger partial charge in [-0.2, -0.15) is 5.10 Å². The highest BCUT2D eigenvalue weighted by atomic mass is 32.1. The van der Waals surface area contributed by atoms with E-state index in [-0.39, 0.29) is 0 Å². The number of carbonyl (C=O) groups is 1. The number of hydrogen-bond acceptors (Lipinski definition) is 4. The summed E-state index contributed by atoms with van der Waals surface area (Å²) in [4.78, 5) is 15.8. The SMILES string of the molecule is CCn1nc(C=S)nc1Cc1ccc(-c2ccccc2C(=O)O)cc1. The van der Waals surface area contributed by atoms with Gasteiger partial charge in [0.25, 0.3) is 0 Å². The summed E-state index contributed by atoms with van der Waals surface area (Å²) in [6.45, 7) is 2.74. The van der Waals surface area contributed by atoms with E-state index in [0.717, 1.165) is 23.5 Å². The van der Waals surface area contributed by atoms with E-state index >= 15 is 0 Å². The molecule has 1 N–H and O–H groups in total. The van der Waals surface area contributed by atoms with Crippen LogP contribution in [0.15, 0.2) is 48.5 Å². The van der Waals surface area contributed by atoms with Gasteiger partial charge >= 0.3 is 5.97 Å². The van der Waals surface area contributed by atoms with Crippen molar-refractivity contribution < 1.29 is 9.90 Å². The number of aromatic carboxylic acids is 1. The molecule has 0 saturated carbocycles. The second kappa shape index (κ2) is 7.36. The average molecular weight is 351 g/mol. The fourth-order valence-electron chi connectivity index (χ4n) is 2.73. The molecule has 2 aromatic carbocycles. The summed E-state index contributed by atoms with van der Waals surface area (Å²) in [5.41, 5.74) is 2.96. The van der Waals surface area contributed by atoms with Crippen LogP contribution in [-0.4, -0.2) is 31.2 Å². The predicted molar refractivity (Wildman–Crippen MR) is 100 cm³/mol. The smallest absolute Gasteiger partial charge is 0.336 e. The molecule has 0 fully saturated rings. The Labute approximate surface area is 151 Å². The number of hydrogen-bond donors (Lipinski definition) is 1. The van der Waals surface area contributed by atoms with Crippen LogP contribution in [0.3, 0.4) is 0 Å². The van der Waals surface area contributed by atoms with Gasteiger partial charge < -0.3 is 5.11 Å². The number of benzene rings is 2. The average Bonchev–Trinajstić information content (AvgIpc) is 3.04. The van der Waals surface area contributed by atoms with E-state index in [9.17, 15) is 9.90 Å². The summed E-state index contributed by atoms with van der Waals surface area (Å²) in [6, 6.07) is 14.8. The summed E-state index contributed by atoms with van der Waals surface area (Å²) >= 11 is 4.90. The van der Waals surface area contributed by atoms with Gasteiger partial charge in [0.1, 0.15) is 5.82 Å². The molecule has 6 heteroatoms. The van der Waals surface area contributed by atoms with Gasteiger partial charge in [0.2, 0.25) is 0 Å². The number of thiocarbonyl (C=S) groups is 1. The molecule has 0 atom stereocenters. The summed E-state index contributed by atoms with van der Waals surface area (Å²) in [6.07, 6.45) is 0.644. The van der Waals surface area contributed by atoms with Crippen molar-refractivity contribution in [2.45, 2.75) is 19.9 Å². The van der Waals surface area contributed by atoms with Gasteiger partial charge in [-0.15, -0.1) is 0 Å².